The molecule has 1 aliphatic carbocycles. The zero-order chi connectivity index (χ0) is 14.1. The molecule has 106 valence electrons. The van der Waals surface area contributed by atoms with Crippen LogP contribution in [0.15, 0.2) is 23.3 Å². The molecule has 1 aliphatic rings. The number of aromatic nitrogens is 2. The maximum Gasteiger partial charge on any atom is 0.258 e. The van der Waals surface area contributed by atoms with Crippen molar-refractivity contribution in [2.75, 3.05) is 17.7 Å². The Morgan fingerprint density at radius 3 is 3.10 bits per heavy atom. The summed E-state index contributed by atoms with van der Waals surface area (Å²) in [4.78, 5) is 18.4. The Kier molecular flexibility index (Phi) is 3.31. The standard InChI is InChI=1S/C14H18N4O2/c15-10-4-9-12(16-7-17-14(9)20)5-13(10)18-11-3-1-2-8(11)6-19/h4-5,7-8,11,18-19H,1-3,6,15H2,(H,16,17,20). The van der Waals surface area contributed by atoms with Crippen LogP contribution in [0.4, 0.5) is 11.4 Å². The van der Waals surface area contributed by atoms with Crippen molar-refractivity contribution in [2.45, 2.75) is 25.3 Å². The minimum atomic E-state index is -0.192. The van der Waals surface area contributed by atoms with Gasteiger partial charge in [0, 0.05) is 18.6 Å². The van der Waals surface area contributed by atoms with Crippen LogP contribution >= 0.6 is 0 Å². The van der Waals surface area contributed by atoms with Crippen LogP contribution in [0.25, 0.3) is 10.9 Å². The molecule has 1 aromatic heterocycles. The molecule has 0 bridgehead atoms. The zero-order valence-electron chi connectivity index (χ0n) is 11.1. The Balaban J connectivity index is 1.96. The highest BCUT2D eigenvalue weighted by Crippen LogP contribution is 2.31. The Labute approximate surface area is 116 Å². The first kappa shape index (κ1) is 12.9. The van der Waals surface area contributed by atoms with E-state index in [9.17, 15) is 9.90 Å². The summed E-state index contributed by atoms with van der Waals surface area (Å²) in [6.45, 7) is 0.184. The second kappa shape index (κ2) is 5.13. The number of aliphatic hydroxyl groups is 1. The van der Waals surface area contributed by atoms with Crippen LogP contribution in [-0.2, 0) is 0 Å². The van der Waals surface area contributed by atoms with Crippen molar-refractivity contribution < 1.29 is 5.11 Å². The zero-order valence-corrected chi connectivity index (χ0v) is 11.1. The molecule has 0 radical (unpaired) electrons. The normalized spacial score (nSPS) is 22.2. The number of nitrogens with one attached hydrogen (secondary N) is 2. The van der Waals surface area contributed by atoms with E-state index >= 15 is 0 Å². The van der Waals surface area contributed by atoms with Gasteiger partial charge in [0.25, 0.3) is 5.56 Å². The third kappa shape index (κ3) is 2.22. The summed E-state index contributed by atoms with van der Waals surface area (Å²) in [5.74, 6) is 0.261. The maximum absolute atomic E-state index is 11.7. The number of nitrogens with zero attached hydrogens (tertiary/aromatic N) is 1. The number of benzene rings is 1. The van der Waals surface area contributed by atoms with Crippen LogP contribution in [0.5, 0.6) is 0 Å². The molecule has 3 rings (SSSR count). The topological polar surface area (TPSA) is 104 Å². The molecule has 2 aromatic rings. The molecule has 0 spiro atoms. The van der Waals surface area contributed by atoms with E-state index in [1.165, 1.54) is 6.33 Å². The lowest BCUT2D eigenvalue weighted by molar-refractivity contribution is 0.222. The molecular formula is C14H18N4O2. The Hall–Kier alpha value is -2.08. The van der Waals surface area contributed by atoms with Gasteiger partial charge in [-0.2, -0.15) is 0 Å². The number of nitrogen functional groups attached to an aromatic ring is 1. The van der Waals surface area contributed by atoms with Crippen molar-refractivity contribution in [3.05, 3.63) is 28.8 Å². The molecule has 1 fully saturated rings. The highest BCUT2D eigenvalue weighted by Gasteiger charge is 2.26. The summed E-state index contributed by atoms with van der Waals surface area (Å²) < 4.78 is 0. The van der Waals surface area contributed by atoms with Crippen molar-refractivity contribution in [1.29, 1.82) is 0 Å². The predicted molar refractivity (Wildman–Crippen MR) is 78.6 cm³/mol. The van der Waals surface area contributed by atoms with Gasteiger partial charge in [0.1, 0.15) is 0 Å². The van der Waals surface area contributed by atoms with Crippen molar-refractivity contribution in [3.63, 3.8) is 0 Å². The first-order valence-electron chi connectivity index (χ1n) is 6.83. The fraction of sp³-hybridized carbons (Fsp3) is 0.429. The minimum absolute atomic E-state index is 0.184. The van der Waals surface area contributed by atoms with Crippen molar-refractivity contribution in [2.24, 2.45) is 5.92 Å². The lowest BCUT2D eigenvalue weighted by Crippen LogP contribution is -2.26. The number of hydrogen-bond donors (Lipinski definition) is 4. The third-order valence-electron chi connectivity index (χ3n) is 4.05. The molecule has 2 atom stereocenters. The highest BCUT2D eigenvalue weighted by atomic mass is 16.3. The average Bonchev–Trinajstić information content (AvgIpc) is 2.88. The number of hydrogen-bond acceptors (Lipinski definition) is 5. The van der Waals surface area contributed by atoms with Gasteiger partial charge in [-0.3, -0.25) is 4.79 Å². The fourth-order valence-corrected chi connectivity index (χ4v) is 2.90. The summed E-state index contributed by atoms with van der Waals surface area (Å²) in [6, 6.07) is 3.67. The Morgan fingerprint density at radius 1 is 1.45 bits per heavy atom. The van der Waals surface area contributed by atoms with Gasteiger partial charge in [0.2, 0.25) is 0 Å². The number of aromatic amines is 1. The molecule has 1 aromatic carbocycles. The Bertz CT molecular complexity index is 682. The first-order chi connectivity index (χ1) is 9.69. The van der Waals surface area contributed by atoms with Crippen molar-refractivity contribution >= 4 is 22.3 Å². The number of anilines is 2. The van der Waals surface area contributed by atoms with Crippen molar-refractivity contribution in [1.82, 2.24) is 9.97 Å². The van der Waals surface area contributed by atoms with Gasteiger partial charge in [-0.15, -0.1) is 0 Å². The van der Waals surface area contributed by atoms with E-state index < -0.39 is 0 Å². The Morgan fingerprint density at radius 2 is 2.30 bits per heavy atom. The second-order valence-electron chi connectivity index (χ2n) is 5.31. The lowest BCUT2D eigenvalue weighted by atomic mass is 10.0. The molecule has 1 saturated carbocycles. The molecule has 2 unspecified atom stereocenters. The van der Waals surface area contributed by atoms with Crippen molar-refractivity contribution in [3.8, 4) is 0 Å². The first-order valence-corrected chi connectivity index (χ1v) is 6.83. The number of rotatable bonds is 3. The van der Waals surface area contributed by atoms with E-state index in [1.54, 1.807) is 12.1 Å². The highest BCUT2D eigenvalue weighted by molar-refractivity contribution is 5.88. The molecule has 0 amide bonds. The number of H-pyrrole nitrogens is 1. The van der Waals surface area contributed by atoms with E-state index in [4.69, 9.17) is 5.73 Å². The van der Waals surface area contributed by atoms with E-state index in [0.29, 0.717) is 16.6 Å². The number of fused-ring (bicyclic) bond motifs is 1. The summed E-state index contributed by atoms with van der Waals surface area (Å²) >= 11 is 0. The van der Waals surface area contributed by atoms with Crippen LogP contribution in [0, 0.1) is 5.92 Å². The van der Waals surface area contributed by atoms with E-state index in [1.807, 2.05) is 0 Å². The van der Waals surface area contributed by atoms with Gasteiger partial charge in [0.15, 0.2) is 0 Å². The molecule has 1 heterocycles. The van der Waals surface area contributed by atoms with Gasteiger partial charge in [0.05, 0.1) is 28.6 Å². The van der Waals surface area contributed by atoms with Gasteiger partial charge >= 0.3 is 0 Å². The van der Waals surface area contributed by atoms with Gasteiger partial charge in [-0.05, 0) is 25.0 Å². The molecular weight excluding hydrogens is 256 g/mol. The average molecular weight is 274 g/mol. The second-order valence-corrected chi connectivity index (χ2v) is 5.31. The molecule has 0 saturated heterocycles. The summed E-state index contributed by atoms with van der Waals surface area (Å²) in [5.41, 5.74) is 7.74. The summed E-state index contributed by atoms with van der Waals surface area (Å²) in [6.07, 6.45) is 4.54. The van der Waals surface area contributed by atoms with Crippen LogP contribution in [-0.4, -0.2) is 27.7 Å². The molecule has 6 nitrogen and oxygen atoms in total. The maximum atomic E-state index is 11.7. The third-order valence-corrected chi connectivity index (χ3v) is 4.05. The smallest absolute Gasteiger partial charge is 0.258 e. The SMILES string of the molecule is Nc1cc2c(=O)[nH]cnc2cc1NC1CCCC1CO. The molecule has 6 heteroatoms. The lowest BCUT2D eigenvalue weighted by Gasteiger charge is -2.21. The number of nitrogens with two attached hydrogens (primary N) is 1. The van der Waals surface area contributed by atoms with Crippen LogP contribution in [0.2, 0.25) is 0 Å². The van der Waals surface area contributed by atoms with E-state index in [2.05, 4.69) is 15.3 Å². The predicted octanol–water partition coefficient (Wildman–Crippen LogP) is 1.08. The molecule has 0 aliphatic heterocycles. The summed E-state index contributed by atoms with van der Waals surface area (Å²) in [5, 5.41) is 13.2. The quantitative estimate of drug-likeness (QED) is 0.627. The molecule has 5 N–H and O–H groups in total. The largest absolute Gasteiger partial charge is 0.397 e. The fourth-order valence-electron chi connectivity index (χ4n) is 2.90. The van der Waals surface area contributed by atoms with E-state index in [0.717, 1.165) is 24.9 Å². The van der Waals surface area contributed by atoms with Crippen LogP contribution in [0.3, 0.4) is 0 Å². The monoisotopic (exact) mass is 274 g/mol. The van der Waals surface area contributed by atoms with Crippen LogP contribution in [0.1, 0.15) is 19.3 Å². The van der Waals surface area contributed by atoms with Gasteiger partial charge in [-0.25, -0.2) is 4.98 Å². The van der Waals surface area contributed by atoms with E-state index in [-0.39, 0.29) is 24.1 Å². The van der Waals surface area contributed by atoms with Gasteiger partial charge in [-0.1, -0.05) is 6.42 Å². The summed E-state index contributed by atoms with van der Waals surface area (Å²) in [7, 11) is 0. The minimum Gasteiger partial charge on any atom is -0.397 e. The van der Waals surface area contributed by atoms with Gasteiger partial charge < -0.3 is 21.1 Å². The number of aliphatic hydroxyl groups excluding tert-OH is 1. The van der Waals surface area contributed by atoms with Crippen LogP contribution < -0.4 is 16.6 Å². The molecule has 20 heavy (non-hydrogen) atoms.